The first-order chi connectivity index (χ1) is 15.3. The second kappa shape index (κ2) is 15.2. The Hall–Kier alpha value is -2.68. The van der Waals surface area contributed by atoms with Gasteiger partial charge in [0.2, 0.25) is 0 Å². The molecule has 3 rings (SSSR count). The molecule has 3 nitrogen and oxygen atoms in total. The van der Waals surface area contributed by atoms with E-state index in [-0.39, 0.29) is 5.75 Å². The van der Waals surface area contributed by atoms with Gasteiger partial charge in [0.05, 0.1) is 12.4 Å². The second-order valence-corrected chi connectivity index (χ2v) is 8.49. The minimum Gasteiger partial charge on any atom is -0.512 e. The average molecular weight is 439 g/mol. The van der Waals surface area contributed by atoms with Gasteiger partial charge in [0, 0.05) is 6.42 Å². The third kappa shape index (κ3) is 10.6. The number of aliphatic hydroxyl groups is 1. The Morgan fingerprint density at radius 1 is 1.00 bits per heavy atom. The Balaban J connectivity index is 0.000000278. The van der Waals surface area contributed by atoms with Crippen molar-refractivity contribution in [2.75, 3.05) is 6.61 Å². The molecule has 2 N–H and O–H groups in total. The molecule has 0 unspecified atom stereocenters. The molecule has 0 atom stereocenters. The van der Waals surface area contributed by atoms with Gasteiger partial charge < -0.3 is 14.9 Å². The van der Waals surface area contributed by atoms with Crippen molar-refractivity contribution in [1.82, 2.24) is 0 Å². The number of phenols is 1. The van der Waals surface area contributed by atoms with Gasteiger partial charge >= 0.3 is 0 Å². The van der Waals surface area contributed by atoms with Crippen molar-refractivity contribution in [3.8, 4) is 11.5 Å². The number of unbranched alkanes of at least 4 members (excludes halogenated alkanes) is 1. The maximum absolute atomic E-state index is 9.45. The van der Waals surface area contributed by atoms with Crippen LogP contribution in [0.1, 0.15) is 82.6 Å². The summed E-state index contributed by atoms with van der Waals surface area (Å²) in [5, 5.41) is 18.7. The molecule has 0 amide bonds. The first-order valence-corrected chi connectivity index (χ1v) is 11.9. The van der Waals surface area contributed by atoms with Crippen LogP contribution in [0.25, 0.3) is 12.2 Å². The largest absolute Gasteiger partial charge is 0.512 e. The van der Waals surface area contributed by atoms with Crippen LogP contribution in [0.5, 0.6) is 11.5 Å². The van der Waals surface area contributed by atoms with E-state index in [4.69, 9.17) is 4.74 Å². The van der Waals surface area contributed by atoms with Crippen molar-refractivity contribution in [3.63, 3.8) is 0 Å². The molecule has 3 heteroatoms. The molecule has 0 spiro atoms. The first-order valence-electron chi connectivity index (χ1n) is 11.9. The number of aryl methyl sites for hydroxylation is 2. The highest BCUT2D eigenvalue weighted by Crippen LogP contribution is 2.26. The lowest BCUT2D eigenvalue weighted by molar-refractivity contribution is 0.318. The molecule has 0 bridgehead atoms. The fourth-order valence-corrected chi connectivity index (χ4v) is 2.88. The molecule has 0 heterocycles. The van der Waals surface area contributed by atoms with Gasteiger partial charge in [-0.15, -0.1) is 0 Å². The molecule has 176 valence electrons. The predicted molar refractivity (Wildman–Crippen MR) is 138 cm³/mol. The van der Waals surface area contributed by atoms with Crippen LogP contribution in [-0.2, 0) is 6.42 Å². The Labute approximate surface area is 195 Å². The summed E-state index contributed by atoms with van der Waals surface area (Å²) in [6.45, 7) is 13.3. The summed E-state index contributed by atoms with van der Waals surface area (Å²) in [5.74, 6) is 2.15. The van der Waals surface area contributed by atoms with Gasteiger partial charge in [-0.05, 0) is 73.1 Å². The van der Waals surface area contributed by atoms with Gasteiger partial charge in [-0.2, -0.15) is 0 Å². The van der Waals surface area contributed by atoms with E-state index < -0.39 is 0 Å². The molecule has 0 radical (unpaired) electrons. The third-order valence-electron chi connectivity index (χ3n) is 5.14. The van der Waals surface area contributed by atoms with Gasteiger partial charge in [0.15, 0.2) is 11.5 Å². The molecular weight excluding hydrogens is 396 g/mol. The summed E-state index contributed by atoms with van der Waals surface area (Å²) in [7, 11) is 0. The zero-order valence-corrected chi connectivity index (χ0v) is 20.8. The highest BCUT2D eigenvalue weighted by atomic mass is 16.5. The fourth-order valence-electron chi connectivity index (χ4n) is 2.88. The molecule has 0 fully saturated rings. The minimum absolute atomic E-state index is 0.206. The predicted octanol–water partition coefficient (Wildman–Crippen LogP) is 8.50. The van der Waals surface area contributed by atoms with E-state index in [1.165, 1.54) is 24.0 Å². The number of hydrogen-bond acceptors (Lipinski definition) is 3. The number of benzene rings is 2. The number of phenolic OH excluding ortho intramolecular Hbond substituents is 1. The van der Waals surface area contributed by atoms with Crippen molar-refractivity contribution < 1.29 is 14.9 Å². The Morgan fingerprint density at radius 2 is 1.72 bits per heavy atom. The lowest BCUT2D eigenvalue weighted by atomic mass is 9.94. The summed E-state index contributed by atoms with van der Waals surface area (Å²) in [6, 6.07) is 11.7. The normalized spacial score (nSPS) is 12.3. The van der Waals surface area contributed by atoms with Crippen molar-refractivity contribution in [2.24, 2.45) is 5.92 Å². The van der Waals surface area contributed by atoms with Crippen LogP contribution in [-0.4, -0.2) is 16.8 Å². The smallest absolute Gasteiger partial charge is 0.161 e. The maximum Gasteiger partial charge on any atom is 0.161 e. The Bertz CT molecular complexity index is 863. The van der Waals surface area contributed by atoms with Gasteiger partial charge in [-0.1, -0.05) is 77.0 Å². The van der Waals surface area contributed by atoms with Gasteiger partial charge in [-0.3, -0.25) is 0 Å². The molecule has 32 heavy (non-hydrogen) atoms. The molecule has 0 saturated carbocycles. The number of allylic oxidation sites excluding steroid dienone is 2. The van der Waals surface area contributed by atoms with Crippen LogP contribution >= 0.6 is 0 Å². The summed E-state index contributed by atoms with van der Waals surface area (Å²) in [4.78, 5) is 0. The van der Waals surface area contributed by atoms with Crippen molar-refractivity contribution in [1.29, 1.82) is 0 Å². The van der Waals surface area contributed by atoms with E-state index in [9.17, 15) is 10.2 Å². The summed E-state index contributed by atoms with van der Waals surface area (Å²) in [6.07, 6.45) is 11.6. The number of aromatic hydroxyl groups is 1. The number of hydrogen-bond donors (Lipinski definition) is 2. The Morgan fingerprint density at radius 3 is 2.34 bits per heavy atom. The molecule has 1 aliphatic carbocycles. The third-order valence-corrected chi connectivity index (χ3v) is 5.14. The lowest BCUT2D eigenvalue weighted by Gasteiger charge is -2.13. The van der Waals surface area contributed by atoms with Crippen molar-refractivity contribution in [3.05, 3.63) is 70.5 Å². The number of aliphatic hydroxyl groups excluding tert-OH is 1. The maximum atomic E-state index is 9.45. The van der Waals surface area contributed by atoms with Gasteiger partial charge in [-0.25, -0.2) is 0 Å². The quantitative estimate of drug-likeness (QED) is 0.475. The minimum atomic E-state index is 0.206. The molecule has 2 aromatic carbocycles. The monoisotopic (exact) mass is 438 g/mol. The number of fused-ring (bicyclic) bond motifs is 1. The molecule has 2 aromatic rings. The van der Waals surface area contributed by atoms with E-state index in [1.807, 2.05) is 32.1 Å². The van der Waals surface area contributed by atoms with E-state index in [0.717, 1.165) is 36.3 Å². The number of ether oxygens (including phenoxy) is 1. The first kappa shape index (κ1) is 27.4. The van der Waals surface area contributed by atoms with Crippen LogP contribution in [0.3, 0.4) is 0 Å². The van der Waals surface area contributed by atoms with Gasteiger partial charge in [0.25, 0.3) is 0 Å². The van der Waals surface area contributed by atoms with E-state index >= 15 is 0 Å². The molecule has 0 saturated heterocycles. The molecule has 1 aliphatic rings. The lowest BCUT2D eigenvalue weighted by Crippen LogP contribution is -1.98. The summed E-state index contributed by atoms with van der Waals surface area (Å²) < 4.78 is 5.17. The molecule has 0 aromatic heterocycles. The SMILES string of the molecule is CCC(C)C.CCC/C=C\c1ccc2c(c1)CCC(O)=C2.CCOc1cc(C)ccc1O. The standard InChI is InChI=1S/C15H18O.C9H12O2.C5H12/c1-2-3-4-5-12-6-7-14-11-15(16)9-8-13(14)10-12;1-3-11-9-6-7(2)4-5-8(9)10;1-4-5(2)3/h4-7,10-11,16H,2-3,8-9H2,1H3;4-6,10H,3H2,1-2H3;5H,4H2,1-3H3/b5-4-;;. The van der Waals surface area contributed by atoms with Crippen molar-refractivity contribution in [2.45, 2.75) is 73.6 Å². The summed E-state index contributed by atoms with van der Waals surface area (Å²) in [5.41, 5.74) is 4.86. The van der Waals surface area contributed by atoms with E-state index in [0.29, 0.717) is 18.1 Å². The molecular formula is C29H42O3. The fraction of sp³-hybridized carbons (Fsp3) is 0.448. The van der Waals surface area contributed by atoms with Crippen LogP contribution in [0, 0.1) is 12.8 Å². The zero-order valence-electron chi connectivity index (χ0n) is 20.8. The average Bonchev–Trinajstić information content (AvgIpc) is 2.77. The van der Waals surface area contributed by atoms with E-state index in [2.05, 4.69) is 58.0 Å². The van der Waals surface area contributed by atoms with Crippen LogP contribution in [0.15, 0.2) is 48.2 Å². The van der Waals surface area contributed by atoms with Crippen LogP contribution in [0.2, 0.25) is 0 Å². The highest BCUT2D eigenvalue weighted by Gasteiger charge is 2.09. The van der Waals surface area contributed by atoms with Gasteiger partial charge in [0.1, 0.15) is 0 Å². The van der Waals surface area contributed by atoms with Crippen LogP contribution in [0.4, 0.5) is 0 Å². The summed E-state index contributed by atoms with van der Waals surface area (Å²) >= 11 is 0. The van der Waals surface area contributed by atoms with E-state index in [1.54, 1.807) is 6.07 Å². The topological polar surface area (TPSA) is 49.7 Å². The van der Waals surface area contributed by atoms with Crippen molar-refractivity contribution >= 4 is 12.2 Å². The number of rotatable bonds is 6. The second-order valence-electron chi connectivity index (χ2n) is 8.49. The zero-order chi connectivity index (χ0) is 23.9. The Kier molecular flexibility index (Phi) is 13.0. The van der Waals surface area contributed by atoms with Crippen LogP contribution < -0.4 is 4.74 Å². The highest BCUT2D eigenvalue weighted by molar-refractivity contribution is 5.62. The molecule has 0 aliphatic heterocycles.